The van der Waals surface area contributed by atoms with Gasteiger partial charge in [0.1, 0.15) is 11.6 Å². The number of aromatic nitrogens is 1. The van der Waals surface area contributed by atoms with Gasteiger partial charge in [0, 0.05) is 18.8 Å². The Kier molecular flexibility index (Phi) is 4.91. The van der Waals surface area contributed by atoms with E-state index < -0.39 is 11.6 Å². The Hall–Kier alpha value is -1.94. The van der Waals surface area contributed by atoms with E-state index in [1.807, 2.05) is 6.92 Å². The molecule has 1 aromatic heterocycles. The molecule has 0 bridgehead atoms. The molecule has 110 valence electrons. The van der Waals surface area contributed by atoms with Crippen molar-refractivity contribution in [3.05, 3.63) is 58.0 Å². The van der Waals surface area contributed by atoms with E-state index in [0.29, 0.717) is 23.4 Å². The molecule has 0 spiro atoms. The van der Waals surface area contributed by atoms with E-state index in [4.69, 9.17) is 11.6 Å². The molecule has 2 aromatic rings. The molecule has 0 fully saturated rings. The van der Waals surface area contributed by atoms with Gasteiger partial charge in [0.2, 0.25) is 0 Å². The largest absolute Gasteiger partial charge is 0.373 e. The highest BCUT2D eigenvalue weighted by atomic mass is 35.5. The van der Waals surface area contributed by atoms with Gasteiger partial charge in [-0.1, -0.05) is 31.0 Å². The second-order valence-corrected chi connectivity index (χ2v) is 5.06. The molecule has 0 aliphatic carbocycles. The smallest absolute Gasteiger partial charge is 0.199 e. The average Bonchev–Trinajstić information content (AvgIpc) is 2.50. The Labute approximate surface area is 128 Å². The first kappa shape index (κ1) is 15.4. The fourth-order valence-corrected chi connectivity index (χ4v) is 2.32. The lowest BCUT2D eigenvalue weighted by Gasteiger charge is -2.09. The molecule has 1 N–H and O–H groups in total. The van der Waals surface area contributed by atoms with Gasteiger partial charge in [0.25, 0.3) is 0 Å². The number of hydrogen-bond donors (Lipinski definition) is 1. The van der Waals surface area contributed by atoms with Crippen LogP contribution in [0.1, 0.15) is 34.8 Å². The van der Waals surface area contributed by atoms with Gasteiger partial charge in [0.15, 0.2) is 5.78 Å². The van der Waals surface area contributed by atoms with E-state index in [9.17, 15) is 9.18 Å². The number of anilines is 1. The summed E-state index contributed by atoms with van der Waals surface area (Å²) in [4.78, 5) is 16.5. The van der Waals surface area contributed by atoms with Crippen molar-refractivity contribution in [3.8, 4) is 0 Å². The lowest BCUT2D eigenvalue weighted by atomic mass is 9.99. The number of halogens is 2. The SMILES string of the molecule is CCCc1ccc(Cl)c(C(=O)c2ccc(NC)nc2)c1F. The van der Waals surface area contributed by atoms with Crippen molar-refractivity contribution in [3.63, 3.8) is 0 Å². The molecule has 3 nitrogen and oxygen atoms in total. The molecule has 0 unspecified atom stereocenters. The van der Waals surface area contributed by atoms with Crippen molar-refractivity contribution < 1.29 is 9.18 Å². The van der Waals surface area contributed by atoms with E-state index in [1.165, 1.54) is 6.20 Å². The number of carbonyl (C=O) groups excluding carboxylic acids is 1. The third-order valence-electron chi connectivity index (χ3n) is 3.20. The van der Waals surface area contributed by atoms with Crippen molar-refractivity contribution >= 4 is 23.2 Å². The minimum Gasteiger partial charge on any atom is -0.373 e. The number of pyridine rings is 1. The number of nitrogens with zero attached hydrogens (tertiary/aromatic N) is 1. The summed E-state index contributed by atoms with van der Waals surface area (Å²) in [5.41, 5.74) is 0.732. The number of hydrogen-bond acceptors (Lipinski definition) is 3. The summed E-state index contributed by atoms with van der Waals surface area (Å²) < 4.78 is 14.5. The number of aryl methyl sites for hydroxylation is 1. The summed E-state index contributed by atoms with van der Waals surface area (Å²) in [6.45, 7) is 1.95. The molecule has 0 saturated carbocycles. The van der Waals surface area contributed by atoms with Crippen LogP contribution >= 0.6 is 11.6 Å². The van der Waals surface area contributed by atoms with E-state index in [0.717, 1.165) is 6.42 Å². The highest BCUT2D eigenvalue weighted by Gasteiger charge is 2.20. The zero-order chi connectivity index (χ0) is 15.4. The van der Waals surface area contributed by atoms with Crippen molar-refractivity contribution in [1.82, 2.24) is 4.98 Å². The molecule has 0 aliphatic rings. The van der Waals surface area contributed by atoms with Crippen LogP contribution in [0.4, 0.5) is 10.2 Å². The topological polar surface area (TPSA) is 42.0 Å². The molecule has 1 aromatic carbocycles. The van der Waals surface area contributed by atoms with Crippen molar-refractivity contribution in [2.24, 2.45) is 0 Å². The minimum atomic E-state index is -0.535. The van der Waals surface area contributed by atoms with Gasteiger partial charge in [-0.3, -0.25) is 4.79 Å². The van der Waals surface area contributed by atoms with Gasteiger partial charge >= 0.3 is 0 Å². The highest BCUT2D eigenvalue weighted by Crippen LogP contribution is 2.26. The van der Waals surface area contributed by atoms with Crippen LogP contribution in [0.5, 0.6) is 0 Å². The number of nitrogens with one attached hydrogen (secondary N) is 1. The molecule has 5 heteroatoms. The summed E-state index contributed by atoms with van der Waals surface area (Å²) in [5, 5.41) is 2.98. The van der Waals surface area contributed by atoms with E-state index in [-0.39, 0.29) is 10.6 Å². The predicted molar refractivity (Wildman–Crippen MR) is 82.6 cm³/mol. The summed E-state index contributed by atoms with van der Waals surface area (Å²) in [6.07, 6.45) is 2.78. The Bertz CT molecular complexity index is 656. The van der Waals surface area contributed by atoms with Crippen LogP contribution < -0.4 is 5.32 Å². The van der Waals surface area contributed by atoms with Gasteiger partial charge in [-0.25, -0.2) is 9.37 Å². The third-order valence-corrected chi connectivity index (χ3v) is 3.51. The first-order valence-electron chi connectivity index (χ1n) is 6.73. The maximum absolute atomic E-state index is 14.5. The zero-order valence-corrected chi connectivity index (χ0v) is 12.7. The van der Waals surface area contributed by atoms with Crippen LogP contribution in [0.25, 0.3) is 0 Å². The van der Waals surface area contributed by atoms with Crippen molar-refractivity contribution in [1.29, 1.82) is 0 Å². The molecule has 1 heterocycles. The summed E-state index contributed by atoms with van der Waals surface area (Å²) >= 11 is 6.01. The molecule has 0 aliphatic heterocycles. The van der Waals surface area contributed by atoms with E-state index >= 15 is 0 Å². The number of rotatable bonds is 5. The minimum absolute atomic E-state index is 0.0818. The average molecular weight is 307 g/mol. The highest BCUT2D eigenvalue weighted by molar-refractivity contribution is 6.35. The van der Waals surface area contributed by atoms with Gasteiger partial charge in [-0.05, 0) is 30.2 Å². The Morgan fingerprint density at radius 3 is 2.67 bits per heavy atom. The second kappa shape index (κ2) is 6.68. The molecule has 0 saturated heterocycles. The van der Waals surface area contributed by atoms with E-state index in [2.05, 4.69) is 10.3 Å². The van der Waals surface area contributed by atoms with Crippen molar-refractivity contribution in [2.45, 2.75) is 19.8 Å². The molecule has 2 rings (SSSR count). The molecule has 0 radical (unpaired) electrons. The normalized spacial score (nSPS) is 10.5. The molecule has 0 atom stereocenters. The number of ketones is 1. The predicted octanol–water partition coefficient (Wildman–Crippen LogP) is 4.10. The maximum atomic E-state index is 14.5. The van der Waals surface area contributed by atoms with Crippen LogP contribution in [0.15, 0.2) is 30.5 Å². The van der Waals surface area contributed by atoms with E-state index in [1.54, 1.807) is 31.3 Å². The van der Waals surface area contributed by atoms with Crippen LogP contribution in [0.3, 0.4) is 0 Å². The standard InChI is InChI=1S/C16H16ClFN2O/c1-3-4-10-5-7-12(17)14(15(10)18)16(21)11-6-8-13(19-2)20-9-11/h5-9H,3-4H2,1-2H3,(H,19,20). The molecule has 21 heavy (non-hydrogen) atoms. The third kappa shape index (κ3) is 3.22. The molecular formula is C16H16ClFN2O. The summed E-state index contributed by atoms with van der Waals surface area (Å²) in [5.74, 6) is -0.351. The Morgan fingerprint density at radius 2 is 2.10 bits per heavy atom. The van der Waals surface area contributed by atoms with Crippen molar-refractivity contribution in [2.75, 3.05) is 12.4 Å². The van der Waals surface area contributed by atoms with Crippen LogP contribution in [0.2, 0.25) is 5.02 Å². The number of benzene rings is 1. The zero-order valence-electron chi connectivity index (χ0n) is 11.9. The van der Waals surface area contributed by atoms with Crippen LogP contribution in [0, 0.1) is 5.82 Å². The van der Waals surface area contributed by atoms with Crippen LogP contribution in [-0.4, -0.2) is 17.8 Å². The Morgan fingerprint density at radius 1 is 1.33 bits per heavy atom. The van der Waals surface area contributed by atoms with Gasteiger partial charge in [-0.15, -0.1) is 0 Å². The quantitative estimate of drug-likeness (QED) is 0.846. The van der Waals surface area contributed by atoms with Crippen LogP contribution in [-0.2, 0) is 6.42 Å². The fourth-order valence-electron chi connectivity index (χ4n) is 2.09. The summed E-state index contributed by atoms with van der Waals surface area (Å²) in [7, 11) is 1.73. The maximum Gasteiger partial charge on any atom is 0.199 e. The monoisotopic (exact) mass is 306 g/mol. The van der Waals surface area contributed by atoms with Gasteiger partial charge in [0.05, 0.1) is 10.6 Å². The first-order valence-corrected chi connectivity index (χ1v) is 7.11. The number of carbonyl (C=O) groups is 1. The molecule has 0 amide bonds. The molecular weight excluding hydrogens is 291 g/mol. The fraction of sp³-hybridized carbons (Fsp3) is 0.250. The lowest BCUT2D eigenvalue weighted by molar-refractivity contribution is 0.103. The summed E-state index contributed by atoms with van der Waals surface area (Å²) in [6, 6.07) is 6.46. The van der Waals surface area contributed by atoms with Gasteiger partial charge < -0.3 is 5.32 Å². The second-order valence-electron chi connectivity index (χ2n) is 4.66. The first-order chi connectivity index (χ1) is 10.1. The lowest BCUT2D eigenvalue weighted by Crippen LogP contribution is -2.08. The van der Waals surface area contributed by atoms with Gasteiger partial charge in [-0.2, -0.15) is 0 Å². The Balaban J connectivity index is 2.44.